The van der Waals surface area contributed by atoms with Gasteiger partial charge >= 0.3 is 68.9 Å². The second-order valence-corrected chi connectivity index (χ2v) is 11.3. The van der Waals surface area contributed by atoms with Gasteiger partial charge in [-0.2, -0.15) is 0 Å². The van der Waals surface area contributed by atoms with Crippen LogP contribution in [-0.4, -0.2) is 9.97 Å². The van der Waals surface area contributed by atoms with Gasteiger partial charge < -0.3 is 14.1 Å². The maximum atomic E-state index is 15.3. The number of benzene rings is 3. The number of hydrogen-bond acceptors (Lipinski definition) is 5. The molecule has 172 valence electrons. The number of H-pyrrole nitrogens is 1. The maximum Gasteiger partial charge on any atom is 1.00 e. The van der Waals surface area contributed by atoms with Crippen LogP contribution in [0.5, 0.6) is 5.75 Å². The van der Waals surface area contributed by atoms with Gasteiger partial charge in [-0.1, -0.05) is 66.4 Å². The smallest absolute Gasteiger partial charge is 0.872 e. The van der Waals surface area contributed by atoms with Crippen molar-refractivity contribution in [1.82, 2.24) is 9.97 Å². The fourth-order valence-corrected chi connectivity index (χ4v) is 7.51. The van der Waals surface area contributed by atoms with Gasteiger partial charge in [0.2, 0.25) is 0 Å². The molecule has 4 aromatic heterocycles. The molecule has 37 heavy (non-hydrogen) atoms. The Labute approximate surface area is 270 Å². The summed E-state index contributed by atoms with van der Waals surface area (Å²) in [5.41, 5.74) is 3.25. The summed E-state index contributed by atoms with van der Waals surface area (Å²) in [6.45, 7) is 0. The molecule has 0 spiro atoms. The third-order valence-corrected chi connectivity index (χ3v) is 9.53. The first-order valence-corrected chi connectivity index (χ1v) is 13.2. The van der Waals surface area contributed by atoms with Gasteiger partial charge in [0.15, 0.2) is 24.5 Å². The number of hydrogen-bond donors (Lipinski definition) is 0. The van der Waals surface area contributed by atoms with Gasteiger partial charge in [-0.05, 0) is 24.3 Å². The molecule has 0 saturated heterocycles. The van der Waals surface area contributed by atoms with Gasteiger partial charge in [-0.25, -0.2) is 9.97 Å². The number of aromatic amines is 1. The van der Waals surface area contributed by atoms with Crippen molar-refractivity contribution in [2.45, 2.75) is 0 Å². The van der Waals surface area contributed by atoms with E-state index in [1.807, 2.05) is 60.7 Å². The van der Waals surface area contributed by atoms with Crippen molar-refractivity contribution in [3.05, 3.63) is 103 Å². The first-order chi connectivity index (χ1) is 17.6. The van der Waals surface area contributed by atoms with Crippen LogP contribution in [0.3, 0.4) is 0 Å². The van der Waals surface area contributed by atoms with E-state index in [9.17, 15) is 5.11 Å². The number of nitrogens with zero attached hydrogens (tertiary/aromatic N) is 2. The number of fused-ring (bicyclic) bond motifs is 6. The second kappa shape index (κ2) is 9.67. The minimum absolute atomic E-state index is 0. The first kappa shape index (κ1) is 24.8. The van der Waals surface area contributed by atoms with Crippen molar-refractivity contribution >= 4 is 67.1 Å². The summed E-state index contributed by atoms with van der Waals surface area (Å²) in [4.78, 5) is 12.6. The quantitative estimate of drug-likeness (QED) is 0.219. The van der Waals surface area contributed by atoms with E-state index >= 15 is 4.57 Å². The van der Waals surface area contributed by atoms with Crippen molar-refractivity contribution in [2.24, 2.45) is 0 Å². The first-order valence-electron chi connectivity index (χ1n) is 11.5. The summed E-state index contributed by atoms with van der Waals surface area (Å²) in [5.74, 6) is -0.198. The molecule has 1 atom stereocenters. The average Bonchev–Trinajstić information content (AvgIpc) is 3.33. The molecule has 0 fully saturated rings. The summed E-state index contributed by atoms with van der Waals surface area (Å²) in [5, 5.41) is 16.2. The normalized spacial score (nSPS) is 13.1. The molecule has 3 aromatic carbocycles. The van der Waals surface area contributed by atoms with Crippen LogP contribution >= 0.6 is 7.14 Å². The number of furan rings is 1. The molecule has 1 N–H and O–H groups in total. The van der Waals surface area contributed by atoms with E-state index in [0.717, 1.165) is 16.3 Å². The van der Waals surface area contributed by atoms with Crippen LogP contribution in [0.4, 0.5) is 0 Å². The van der Waals surface area contributed by atoms with Crippen LogP contribution in [0.2, 0.25) is 0 Å². The minimum atomic E-state index is -3.56. The van der Waals surface area contributed by atoms with E-state index in [2.05, 4.69) is 9.97 Å². The summed E-state index contributed by atoms with van der Waals surface area (Å²) >= 11 is 0. The zero-order valence-electron chi connectivity index (χ0n) is 19.9. The topological polar surface area (TPSA) is 93.2 Å². The molecule has 7 rings (SSSR count). The van der Waals surface area contributed by atoms with Crippen molar-refractivity contribution in [2.75, 3.05) is 0 Å². The largest absolute Gasteiger partial charge is 1.00 e. The molecule has 0 radical (unpaired) electrons. The Morgan fingerprint density at radius 2 is 1.59 bits per heavy atom. The van der Waals surface area contributed by atoms with Crippen LogP contribution < -0.4 is 95.0 Å². The zero-order valence-corrected chi connectivity index (χ0v) is 27.1. The monoisotopic (exact) mass is 620 g/mol. The minimum Gasteiger partial charge on any atom is -0.872 e. The molecule has 7 aromatic rings. The number of nitrogens with one attached hydrogen (secondary N) is 1. The molecule has 4 heterocycles. The van der Waals surface area contributed by atoms with E-state index in [1.54, 1.807) is 36.7 Å². The van der Waals surface area contributed by atoms with Crippen LogP contribution in [-0.2, 0) is 4.57 Å². The van der Waals surface area contributed by atoms with Crippen molar-refractivity contribution in [3.8, 4) is 5.75 Å². The fourth-order valence-electron chi connectivity index (χ4n) is 4.87. The number of pyridine rings is 3. The van der Waals surface area contributed by atoms with Crippen molar-refractivity contribution in [3.63, 3.8) is 0 Å². The molecule has 0 saturated carbocycles. The van der Waals surface area contributed by atoms with Gasteiger partial charge in [-0.15, -0.1) is 0 Å². The molecule has 1 unspecified atom stereocenters. The van der Waals surface area contributed by atoms with Crippen molar-refractivity contribution < 1.29 is 88.0 Å². The third-order valence-electron chi connectivity index (χ3n) is 6.58. The Hall–Kier alpha value is -2.49. The Balaban J connectivity index is 0.00000252. The third kappa shape index (κ3) is 3.89. The average molecular weight is 620 g/mol. The molecule has 8 heteroatoms. The Kier molecular flexibility index (Phi) is 6.49. The van der Waals surface area contributed by atoms with Crippen LogP contribution in [0, 0.1) is 0 Å². The predicted molar refractivity (Wildman–Crippen MR) is 140 cm³/mol. The van der Waals surface area contributed by atoms with Crippen LogP contribution in [0.25, 0.3) is 43.9 Å². The molecule has 0 aliphatic rings. The molecular weight excluding hydrogens is 602 g/mol. The molecule has 0 amide bonds. The molecule has 0 aliphatic heterocycles. The fraction of sp³-hybridized carbons (Fsp3) is 0. The van der Waals surface area contributed by atoms with Gasteiger partial charge in [-0.3, -0.25) is 4.98 Å². The standard InChI is InChI=1S/C29H18N3O3P.Cs/c33-21-13-14-23(29-25(21)28-22(35-29)9-5-17-31-28)36(34,20-7-2-1-3-8-20)24-15-12-19-11-10-18-6-4-16-30-26(18)27(19)32-24;/h1-17,33H;/q;+1. The summed E-state index contributed by atoms with van der Waals surface area (Å²) in [6.07, 6.45) is 3.47. The molecular formula is C29H18CsN3O3P+. The van der Waals surface area contributed by atoms with E-state index in [-0.39, 0.29) is 74.6 Å². The molecule has 0 aliphatic carbocycles. The summed E-state index contributed by atoms with van der Waals surface area (Å²) in [6, 6.07) is 27.5. The van der Waals surface area contributed by atoms with Gasteiger partial charge in [0.25, 0.3) is 5.52 Å². The maximum absolute atomic E-state index is 15.3. The summed E-state index contributed by atoms with van der Waals surface area (Å²) in [7, 11) is -3.56. The Morgan fingerprint density at radius 1 is 0.811 bits per heavy atom. The molecule has 6 nitrogen and oxygen atoms in total. The Morgan fingerprint density at radius 3 is 2.43 bits per heavy atom. The van der Waals surface area contributed by atoms with Gasteiger partial charge in [0.1, 0.15) is 5.44 Å². The second-order valence-electron chi connectivity index (χ2n) is 8.63. The van der Waals surface area contributed by atoms with E-state index in [4.69, 9.17) is 9.40 Å². The SMILES string of the molecule is O=P(c1ccccc1)(c1ccc2ccc3cccnc3c2n1)c1ccc([O-])c2c1oc1ccc[nH+]c12.[Cs+]. The molecule has 0 bridgehead atoms. The van der Waals surface area contributed by atoms with Gasteiger partial charge in [0, 0.05) is 28.3 Å². The summed E-state index contributed by atoms with van der Waals surface area (Å²) < 4.78 is 21.5. The van der Waals surface area contributed by atoms with Crippen molar-refractivity contribution in [1.29, 1.82) is 0 Å². The zero-order chi connectivity index (χ0) is 24.3. The van der Waals surface area contributed by atoms with E-state index in [1.165, 1.54) is 6.07 Å². The van der Waals surface area contributed by atoms with Crippen LogP contribution in [0.1, 0.15) is 0 Å². The Bertz CT molecular complexity index is 2010. The predicted octanol–water partition coefficient (Wildman–Crippen LogP) is 1.21. The number of rotatable bonds is 3. The van der Waals surface area contributed by atoms with E-state index in [0.29, 0.717) is 43.6 Å². The van der Waals surface area contributed by atoms with Gasteiger partial charge in [0.05, 0.1) is 21.7 Å². The van der Waals surface area contributed by atoms with E-state index < -0.39 is 7.14 Å². The number of aromatic nitrogens is 3. The van der Waals surface area contributed by atoms with Crippen LogP contribution in [0.15, 0.2) is 108 Å².